The Labute approximate surface area is 147 Å². The quantitative estimate of drug-likeness (QED) is 0.806. The number of nitrogens with one attached hydrogen (secondary N) is 1. The summed E-state index contributed by atoms with van der Waals surface area (Å²) in [6.45, 7) is 0.635. The lowest BCUT2D eigenvalue weighted by Gasteiger charge is -2.35. The molecule has 3 N–H and O–H groups in total. The zero-order valence-corrected chi connectivity index (χ0v) is 14.1. The van der Waals surface area contributed by atoms with Gasteiger partial charge in [-0.05, 0) is 18.2 Å². The second-order valence-corrected chi connectivity index (χ2v) is 6.66. The highest BCUT2D eigenvalue weighted by atomic mass is 35.5. The average molecular weight is 382 g/mol. The van der Waals surface area contributed by atoms with E-state index in [1.807, 2.05) is 0 Å². The third kappa shape index (κ3) is 3.29. The Hall–Kier alpha value is -1.01. The predicted octanol–water partition coefficient (Wildman–Crippen LogP) is 4.23. The Morgan fingerprint density at radius 2 is 1.91 bits per heavy atom. The number of ether oxygens (including phenoxy) is 1. The molecule has 8 heteroatoms. The van der Waals surface area contributed by atoms with Crippen LogP contribution in [0, 0.1) is 0 Å². The second-order valence-electron chi connectivity index (χ2n) is 5.40. The van der Waals surface area contributed by atoms with Crippen molar-refractivity contribution in [1.29, 1.82) is 0 Å². The Morgan fingerprint density at radius 1 is 1.26 bits per heavy atom. The van der Waals surface area contributed by atoms with Crippen molar-refractivity contribution in [3.63, 3.8) is 0 Å². The van der Waals surface area contributed by atoms with Crippen LogP contribution in [0.2, 0.25) is 15.1 Å². The first-order chi connectivity index (χ1) is 10.8. The van der Waals surface area contributed by atoms with Crippen LogP contribution in [0.3, 0.4) is 0 Å². The van der Waals surface area contributed by atoms with Crippen molar-refractivity contribution in [3.8, 4) is 0 Å². The van der Waals surface area contributed by atoms with Crippen LogP contribution < -0.4 is 11.1 Å². The molecule has 1 aliphatic carbocycles. The summed E-state index contributed by atoms with van der Waals surface area (Å²) < 4.78 is 34.0. The summed E-state index contributed by atoms with van der Waals surface area (Å²) in [5.74, 6) is -2.73. The predicted molar refractivity (Wildman–Crippen MR) is 88.0 cm³/mol. The lowest BCUT2D eigenvalue weighted by molar-refractivity contribution is 0.0391. The maximum Gasteiger partial charge on any atom is 0.273 e. The van der Waals surface area contributed by atoms with Gasteiger partial charge < -0.3 is 15.8 Å². The van der Waals surface area contributed by atoms with Gasteiger partial charge in [0.1, 0.15) is 11.9 Å². The summed E-state index contributed by atoms with van der Waals surface area (Å²) >= 11 is 18.3. The molecule has 0 aromatic heterocycles. The Kier molecular flexibility index (Phi) is 4.49. The van der Waals surface area contributed by atoms with Crippen LogP contribution >= 0.6 is 34.8 Å². The molecule has 23 heavy (non-hydrogen) atoms. The van der Waals surface area contributed by atoms with Crippen LogP contribution in [0.25, 0.3) is 5.57 Å². The van der Waals surface area contributed by atoms with Crippen LogP contribution in [-0.4, -0.2) is 25.1 Å². The molecule has 0 bridgehead atoms. The number of benzene rings is 1. The van der Waals surface area contributed by atoms with E-state index in [9.17, 15) is 8.78 Å². The first-order valence-electron chi connectivity index (χ1n) is 6.90. The molecular formula is C15H13Cl3F2N2O. The van der Waals surface area contributed by atoms with E-state index in [0.29, 0.717) is 23.0 Å². The Balaban J connectivity index is 2.15. The molecule has 1 aromatic rings. The molecule has 0 saturated carbocycles. The first kappa shape index (κ1) is 16.8. The fourth-order valence-electron chi connectivity index (χ4n) is 2.65. The third-order valence-corrected chi connectivity index (χ3v) is 4.47. The number of nitrogens with two attached hydrogens (primary N) is 1. The van der Waals surface area contributed by atoms with E-state index in [-0.39, 0.29) is 33.8 Å². The smallest absolute Gasteiger partial charge is 0.273 e. The van der Waals surface area contributed by atoms with Gasteiger partial charge in [-0.3, -0.25) is 0 Å². The van der Waals surface area contributed by atoms with Gasteiger partial charge in [0, 0.05) is 22.7 Å². The van der Waals surface area contributed by atoms with Crippen molar-refractivity contribution >= 4 is 40.4 Å². The molecule has 0 saturated heterocycles. The fraction of sp³-hybridized carbons (Fsp3) is 0.333. The fourth-order valence-corrected chi connectivity index (χ4v) is 3.67. The molecule has 1 aliphatic heterocycles. The largest absolute Gasteiger partial charge is 0.485 e. The topological polar surface area (TPSA) is 47.3 Å². The Morgan fingerprint density at radius 3 is 2.52 bits per heavy atom. The molecule has 1 heterocycles. The molecule has 2 aliphatic rings. The van der Waals surface area contributed by atoms with Crippen molar-refractivity contribution in [2.45, 2.75) is 18.4 Å². The minimum Gasteiger partial charge on any atom is -0.485 e. The first-order valence-corrected chi connectivity index (χ1v) is 8.04. The van der Waals surface area contributed by atoms with E-state index < -0.39 is 12.3 Å². The molecular weight excluding hydrogens is 369 g/mol. The van der Waals surface area contributed by atoms with Crippen molar-refractivity contribution in [2.24, 2.45) is 5.73 Å². The number of halogens is 5. The van der Waals surface area contributed by atoms with Crippen molar-refractivity contribution in [1.82, 2.24) is 5.32 Å². The number of rotatable bonds is 2. The van der Waals surface area contributed by atoms with E-state index in [2.05, 4.69) is 5.32 Å². The van der Waals surface area contributed by atoms with E-state index in [4.69, 9.17) is 45.3 Å². The van der Waals surface area contributed by atoms with E-state index in [1.54, 1.807) is 0 Å². The summed E-state index contributed by atoms with van der Waals surface area (Å²) in [7, 11) is 0. The molecule has 3 rings (SSSR count). The third-order valence-electron chi connectivity index (χ3n) is 3.65. The summed E-state index contributed by atoms with van der Waals surface area (Å²) in [5.41, 5.74) is 6.35. The standard InChI is InChI=1S/C15H13Cl3F2N2O/c16-7-1-10(17)13(11(18)2-7)9-3-15(19,20)4-12-14(9)23-8(5-21)6-22-12/h1-3,8,22H,4-6,21H2/t8-/m1/s1. The summed E-state index contributed by atoms with van der Waals surface area (Å²) in [6.07, 6.45) is 0.0491. The maximum absolute atomic E-state index is 14.1. The van der Waals surface area contributed by atoms with Gasteiger partial charge in [-0.25, -0.2) is 8.78 Å². The highest BCUT2D eigenvalue weighted by molar-refractivity contribution is 6.40. The van der Waals surface area contributed by atoms with Gasteiger partial charge in [-0.15, -0.1) is 0 Å². The molecule has 0 spiro atoms. The highest BCUT2D eigenvalue weighted by Gasteiger charge is 2.39. The zero-order chi connectivity index (χ0) is 16.8. The normalized spacial score (nSPS) is 22.9. The van der Waals surface area contributed by atoms with Crippen LogP contribution in [-0.2, 0) is 4.74 Å². The van der Waals surface area contributed by atoms with Crippen LogP contribution in [0.5, 0.6) is 0 Å². The summed E-state index contributed by atoms with van der Waals surface area (Å²) in [4.78, 5) is 0. The maximum atomic E-state index is 14.1. The molecule has 3 nitrogen and oxygen atoms in total. The number of hydrogen-bond donors (Lipinski definition) is 2. The van der Waals surface area contributed by atoms with Gasteiger partial charge in [0.05, 0.1) is 28.7 Å². The van der Waals surface area contributed by atoms with E-state index in [0.717, 1.165) is 6.08 Å². The van der Waals surface area contributed by atoms with Gasteiger partial charge in [0.15, 0.2) is 0 Å². The Bertz CT molecular complexity index is 696. The zero-order valence-electron chi connectivity index (χ0n) is 11.8. The number of hydrogen-bond acceptors (Lipinski definition) is 3. The average Bonchev–Trinajstić information content (AvgIpc) is 2.44. The molecule has 0 radical (unpaired) electrons. The van der Waals surface area contributed by atoms with E-state index in [1.165, 1.54) is 12.1 Å². The van der Waals surface area contributed by atoms with Gasteiger partial charge in [0.2, 0.25) is 0 Å². The molecule has 1 aromatic carbocycles. The van der Waals surface area contributed by atoms with Crippen LogP contribution in [0.4, 0.5) is 8.78 Å². The van der Waals surface area contributed by atoms with Gasteiger partial charge in [0.25, 0.3) is 5.92 Å². The van der Waals surface area contributed by atoms with Crippen LogP contribution in [0.15, 0.2) is 29.7 Å². The SMILES string of the molecule is NC[C@@H]1CNC2=C(O1)C(c1c(Cl)cc(Cl)cc1Cl)=CC(F)(F)C2. The van der Waals surface area contributed by atoms with Gasteiger partial charge in [-0.1, -0.05) is 34.8 Å². The van der Waals surface area contributed by atoms with Gasteiger partial charge in [-0.2, -0.15) is 0 Å². The molecule has 0 fully saturated rings. The van der Waals surface area contributed by atoms with Crippen molar-refractivity contribution in [2.75, 3.05) is 13.1 Å². The molecule has 0 amide bonds. The molecule has 0 unspecified atom stereocenters. The second kappa shape index (κ2) is 6.13. The number of allylic oxidation sites excluding steroid dienone is 3. The molecule has 1 atom stereocenters. The van der Waals surface area contributed by atoms with Crippen molar-refractivity contribution < 1.29 is 13.5 Å². The molecule has 124 valence electrons. The monoisotopic (exact) mass is 380 g/mol. The minimum absolute atomic E-state index is 0.147. The van der Waals surface area contributed by atoms with Gasteiger partial charge >= 0.3 is 0 Å². The van der Waals surface area contributed by atoms with Crippen molar-refractivity contribution in [3.05, 3.63) is 50.3 Å². The number of alkyl halides is 2. The van der Waals surface area contributed by atoms with E-state index >= 15 is 0 Å². The summed E-state index contributed by atoms with van der Waals surface area (Å²) in [6, 6.07) is 2.91. The lowest BCUT2D eigenvalue weighted by atomic mass is 9.92. The highest BCUT2D eigenvalue weighted by Crippen LogP contribution is 2.45. The minimum atomic E-state index is -3.04. The van der Waals surface area contributed by atoms with Crippen LogP contribution in [0.1, 0.15) is 12.0 Å². The lowest BCUT2D eigenvalue weighted by Crippen LogP contribution is -2.42. The summed E-state index contributed by atoms with van der Waals surface area (Å²) in [5, 5.41) is 3.65.